The van der Waals surface area contributed by atoms with Crippen LogP contribution >= 0.6 is 23.8 Å². The van der Waals surface area contributed by atoms with E-state index in [0.717, 1.165) is 16.7 Å². The van der Waals surface area contributed by atoms with E-state index in [2.05, 4.69) is 20.6 Å². The molecule has 0 unspecified atom stereocenters. The van der Waals surface area contributed by atoms with E-state index in [1.54, 1.807) is 18.3 Å². The highest BCUT2D eigenvalue weighted by Gasteiger charge is 2.02. The van der Waals surface area contributed by atoms with Gasteiger partial charge in [0, 0.05) is 10.7 Å². The monoisotopic (exact) mass is 314 g/mol. The van der Waals surface area contributed by atoms with E-state index in [-0.39, 0.29) is 0 Å². The molecule has 0 radical (unpaired) electrons. The van der Waals surface area contributed by atoms with Crippen LogP contribution in [0.5, 0.6) is 0 Å². The van der Waals surface area contributed by atoms with Gasteiger partial charge in [-0.25, -0.2) is 4.98 Å². The summed E-state index contributed by atoms with van der Waals surface area (Å²) in [7, 11) is 0. The van der Waals surface area contributed by atoms with Crippen molar-refractivity contribution in [3.05, 3.63) is 59.8 Å². The smallest absolute Gasteiger partial charge is 0.176 e. The molecule has 3 aromatic rings. The molecule has 4 nitrogen and oxygen atoms in total. The fraction of sp³-hybridized carbons (Fsp3) is 0. The van der Waals surface area contributed by atoms with Gasteiger partial charge in [0.1, 0.15) is 0 Å². The standard InChI is InChI=1S/C15H11ClN4S/c16-10-5-7-11(8-6-10)18-15(21)20-14-9-17-12-3-1-2-4-13(12)19-14/h1-9H,(H2,18,19,20,21). The zero-order valence-electron chi connectivity index (χ0n) is 10.9. The summed E-state index contributed by atoms with van der Waals surface area (Å²) < 4.78 is 0. The Kier molecular flexibility index (Phi) is 3.94. The molecule has 0 spiro atoms. The van der Waals surface area contributed by atoms with Crippen molar-refractivity contribution >= 4 is 51.5 Å². The van der Waals surface area contributed by atoms with Crippen molar-refractivity contribution in [2.24, 2.45) is 0 Å². The molecule has 0 atom stereocenters. The molecule has 0 aliphatic heterocycles. The van der Waals surface area contributed by atoms with Crippen LogP contribution in [0.1, 0.15) is 0 Å². The SMILES string of the molecule is S=C(Nc1ccc(Cl)cc1)Nc1cnc2ccccc2n1. The maximum absolute atomic E-state index is 5.84. The third-order valence-electron chi connectivity index (χ3n) is 2.79. The normalized spacial score (nSPS) is 10.3. The minimum absolute atomic E-state index is 0.446. The van der Waals surface area contributed by atoms with Gasteiger partial charge in [-0.2, -0.15) is 0 Å². The van der Waals surface area contributed by atoms with Crippen molar-refractivity contribution in [1.82, 2.24) is 9.97 Å². The first-order valence-electron chi connectivity index (χ1n) is 6.26. The molecule has 1 aromatic heterocycles. The second-order valence-electron chi connectivity index (χ2n) is 4.33. The molecule has 2 aromatic carbocycles. The second kappa shape index (κ2) is 6.03. The van der Waals surface area contributed by atoms with Gasteiger partial charge in [0.2, 0.25) is 0 Å². The molecular weight excluding hydrogens is 304 g/mol. The maximum atomic E-state index is 5.84. The van der Waals surface area contributed by atoms with E-state index < -0.39 is 0 Å². The number of hydrogen-bond acceptors (Lipinski definition) is 3. The predicted molar refractivity (Wildman–Crippen MR) is 90.8 cm³/mol. The van der Waals surface area contributed by atoms with Gasteiger partial charge in [-0.3, -0.25) is 4.98 Å². The Labute approximate surface area is 132 Å². The lowest BCUT2D eigenvalue weighted by molar-refractivity contribution is 1.29. The minimum atomic E-state index is 0.446. The number of thiocarbonyl (C=S) groups is 1. The summed E-state index contributed by atoms with van der Waals surface area (Å²) in [6.07, 6.45) is 1.65. The highest BCUT2D eigenvalue weighted by molar-refractivity contribution is 7.80. The highest BCUT2D eigenvalue weighted by atomic mass is 35.5. The van der Waals surface area contributed by atoms with E-state index in [0.29, 0.717) is 16.0 Å². The lowest BCUT2D eigenvalue weighted by Gasteiger charge is -2.10. The van der Waals surface area contributed by atoms with Crippen LogP contribution in [0.2, 0.25) is 5.02 Å². The van der Waals surface area contributed by atoms with Gasteiger partial charge < -0.3 is 10.6 Å². The lowest BCUT2D eigenvalue weighted by Crippen LogP contribution is -2.19. The molecule has 0 fully saturated rings. The third kappa shape index (κ3) is 3.45. The molecule has 3 rings (SSSR count). The first-order valence-corrected chi connectivity index (χ1v) is 7.05. The molecule has 0 saturated carbocycles. The van der Waals surface area contributed by atoms with Crippen LogP contribution < -0.4 is 10.6 Å². The van der Waals surface area contributed by atoms with Crippen LogP contribution in [0.25, 0.3) is 11.0 Å². The Morgan fingerprint density at radius 2 is 1.67 bits per heavy atom. The molecule has 0 aliphatic rings. The number of benzene rings is 2. The van der Waals surface area contributed by atoms with Crippen LogP contribution in [-0.4, -0.2) is 15.1 Å². The number of nitrogens with one attached hydrogen (secondary N) is 2. The highest BCUT2D eigenvalue weighted by Crippen LogP contribution is 2.14. The largest absolute Gasteiger partial charge is 0.332 e. The first kappa shape index (κ1) is 13.7. The predicted octanol–water partition coefficient (Wildman–Crippen LogP) is 4.09. The molecule has 0 aliphatic carbocycles. The van der Waals surface area contributed by atoms with Crippen LogP contribution in [0.3, 0.4) is 0 Å². The summed E-state index contributed by atoms with van der Waals surface area (Å²) >= 11 is 11.1. The van der Waals surface area contributed by atoms with Crippen LogP contribution in [0.15, 0.2) is 54.7 Å². The van der Waals surface area contributed by atoms with Gasteiger partial charge in [-0.05, 0) is 48.6 Å². The Bertz CT molecular complexity index is 789. The summed E-state index contributed by atoms with van der Waals surface area (Å²) in [4.78, 5) is 8.77. The molecule has 6 heteroatoms. The summed E-state index contributed by atoms with van der Waals surface area (Å²) in [5.41, 5.74) is 2.52. The van der Waals surface area contributed by atoms with Crippen molar-refractivity contribution in [3.63, 3.8) is 0 Å². The van der Waals surface area contributed by atoms with Gasteiger partial charge in [0.05, 0.1) is 17.2 Å². The van der Waals surface area contributed by atoms with Crippen molar-refractivity contribution in [2.45, 2.75) is 0 Å². The Hall–Kier alpha value is -2.24. The first-order chi connectivity index (χ1) is 10.2. The molecule has 1 heterocycles. The number of anilines is 2. The van der Waals surface area contributed by atoms with Gasteiger partial charge in [-0.1, -0.05) is 23.7 Å². The van der Waals surface area contributed by atoms with Gasteiger partial charge in [0.25, 0.3) is 0 Å². The zero-order valence-corrected chi connectivity index (χ0v) is 12.4. The van der Waals surface area contributed by atoms with Gasteiger partial charge in [-0.15, -0.1) is 0 Å². The molecule has 0 saturated heterocycles. The molecule has 2 N–H and O–H groups in total. The van der Waals surface area contributed by atoms with Crippen molar-refractivity contribution in [3.8, 4) is 0 Å². The quantitative estimate of drug-likeness (QED) is 0.698. The number of halogens is 1. The summed E-state index contributed by atoms with van der Waals surface area (Å²) in [5.74, 6) is 0.597. The number of hydrogen-bond donors (Lipinski definition) is 2. The number of rotatable bonds is 2. The van der Waals surface area contributed by atoms with Crippen molar-refractivity contribution in [2.75, 3.05) is 10.6 Å². The fourth-order valence-corrected chi connectivity index (χ4v) is 2.18. The summed E-state index contributed by atoms with van der Waals surface area (Å²) in [5, 5.41) is 7.20. The topological polar surface area (TPSA) is 49.8 Å². The second-order valence-corrected chi connectivity index (χ2v) is 5.17. The van der Waals surface area contributed by atoms with Crippen LogP contribution in [-0.2, 0) is 0 Å². The van der Waals surface area contributed by atoms with Crippen molar-refractivity contribution in [1.29, 1.82) is 0 Å². The van der Waals surface area contributed by atoms with E-state index in [9.17, 15) is 0 Å². The van der Waals surface area contributed by atoms with Crippen LogP contribution in [0, 0.1) is 0 Å². The van der Waals surface area contributed by atoms with Gasteiger partial charge >= 0.3 is 0 Å². The molecule has 0 bridgehead atoms. The number of aromatic nitrogens is 2. The molecule has 104 valence electrons. The van der Waals surface area contributed by atoms with E-state index in [4.69, 9.17) is 23.8 Å². The summed E-state index contributed by atoms with van der Waals surface area (Å²) in [6.45, 7) is 0. The average Bonchev–Trinajstić information content (AvgIpc) is 2.49. The zero-order chi connectivity index (χ0) is 14.7. The average molecular weight is 315 g/mol. The van der Waals surface area contributed by atoms with Crippen molar-refractivity contribution < 1.29 is 0 Å². The Balaban J connectivity index is 1.72. The van der Waals surface area contributed by atoms with Crippen LogP contribution in [0.4, 0.5) is 11.5 Å². The molecular formula is C15H11ClN4S. The number of fused-ring (bicyclic) bond motifs is 1. The van der Waals surface area contributed by atoms with E-state index in [1.807, 2.05) is 36.4 Å². The number of nitrogens with zero attached hydrogens (tertiary/aromatic N) is 2. The fourth-order valence-electron chi connectivity index (χ4n) is 1.83. The van der Waals surface area contributed by atoms with Gasteiger partial charge in [0.15, 0.2) is 10.9 Å². The lowest BCUT2D eigenvalue weighted by atomic mass is 10.3. The maximum Gasteiger partial charge on any atom is 0.176 e. The van der Waals surface area contributed by atoms with E-state index >= 15 is 0 Å². The Morgan fingerprint density at radius 3 is 2.43 bits per heavy atom. The molecule has 0 amide bonds. The van der Waals surface area contributed by atoms with E-state index in [1.165, 1.54) is 0 Å². The Morgan fingerprint density at radius 1 is 0.952 bits per heavy atom. The minimum Gasteiger partial charge on any atom is -0.332 e. The molecule has 21 heavy (non-hydrogen) atoms. The summed E-state index contributed by atoms with van der Waals surface area (Å²) in [6, 6.07) is 15.0. The third-order valence-corrected chi connectivity index (χ3v) is 3.25. The number of para-hydroxylation sites is 2.